The summed E-state index contributed by atoms with van der Waals surface area (Å²) in [5.74, 6) is -1.40. The van der Waals surface area contributed by atoms with Gasteiger partial charge in [0.25, 0.3) is 0 Å². The van der Waals surface area contributed by atoms with Crippen molar-refractivity contribution in [3.63, 3.8) is 0 Å². The first-order valence-electron chi connectivity index (χ1n) is 5.69. The van der Waals surface area contributed by atoms with E-state index in [1.165, 1.54) is 0 Å². The fourth-order valence-corrected chi connectivity index (χ4v) is 2.12. The first-order chi connectivity index (χ1) is 8.66. The van der Waals surface area contributed by atoms with Gasteiger partial charge in [0.1, 0.15) is 0 Å². The highest BCUT2D eigenvalue weighted by atomic mass is 35.5. The smallest absolute Gasteiger partial charge is 0.311 e. The fraction of sp³-hybridized carbons (Fsp3) is 0.133. The zero-order chi connectivity index (χ0) is 13.0. The molecule has 0 aromatic heterocycles. The van der Waals surface area contributed by atoms with Crippen molar-refractivity contribution in [2.75, 3.05) is 0 Å². The lowest BCUT2D eigenvalue weighted by Crippen LogP contribution is -2.14. The van der Waals surface area contributed by atoms with E-state index in [1.807, 2.05) is 30.3 Å². The molecule has 1 atom stereocenters. The molecule has 0 saturated heterocycles. The normalized spacial score (nSPS) is 12.1. The van der Waals surface area contributed by atoms with E-state index < -0.39 is 11.9 Å². The maximum Gasteiger partial charge on any atom is 0.311 e. The molecule has 2 rings (SSSR count). The van der Waals surface area contributed by atoms with Gasteiger partial charge in [-0.2, -0.15) is 0 Å². The summed E-state index contributed by atoms with van der Waals surface area (Å²) < 4.78 is 0. The van der Waals surface area contributed by atoms with E-state index in [-0.39, 0.29) is 0 Å². The van der Waals surface area contributed by atoms with E-state index in [4.69, 9.17) is 11.6 Å². The van der Waals surface area contributed by atoms with Gasteiger partial charge in [-0.3, -0.25) is 4.79 Å². The molecule has 2 aromatic rings. The van der Waals surface area contributed by atoms with Crippen LogP contribution in [0, 0.1) is 0 Å². The van der Waals surface area contributed by atoms with Gasteiger partial charge in [-0.15, -0.1) is 0 Å². The lowest BCUT2D eigenvalue weighted by molar-refractivity contribution is -0.138. The van der Waals surface area contributed by atoms with Gasteiger partial charge in [-0.25, -0.2) is 0 Å². The van der Waals surface area contributed by atoms with Crippen LogP contribution in [0.25, 0.3) is 0 Å². The van der Waals surface area contributed by atoms with Crippen molar-refractivity contribution < 1.29 is 9.90 Å². The molecule has 2 nitrogen and oxygen atoms in total. The number of halogens is 1. The highest BCUT2D eigenvalue weighted by Crippen LogP contribution is 2.23. The molecule has 0 aliphatic carbocycles. The average molecular weight is 261 g/mol. The molecule has 0 saturated carbocycles. The monoisotopic (exact) mass is 260 g/mol. The third-order valence-corrected chi connectivity index (χ3v) is 3.07. The van der Waals surface area contributed by atoms with Crippen LogP contribution in [-0.2, 0) is 11.2 Å². The van der Waals surface area contributed by atoms with Crippen LogP contribution >= 0.6 is 11.6 Å². The van der Waals surface area contributed by atoms with Gasteiger partial charge in [0.2, 0.25) is 0 Å². The van der Waals surface area contributed by atoms with Crippen LogP contribution < -0.4 is 0 Å². The minimum atomic E-state index is -0.832. The largest absolute Gasteiger partial charge is 0.481 e. The molecule has 0 radical (unpaired) electrons. The van der Waals surface area contributed by atoms with Crippen molar-refractivity contribution in [1.82, 2.24) is 0 Å². The summed E-state index contributed by atoms with van der Waals surface area (Å²) >= 11 is 5.90. The number of aliphatic carboxylic acids is 1. The highest BCUT2D eigenvalue weighted by molar-refractivity contribution is 6.30. The fourth-order valence-electron chi connectivity index (χ4n) is 1.92. The molecule has 92 valence electrons. The van der Waals surface area contributed by atoms with Gasteiger partial charge in [0, 0.05) is 5.02 Å². The first-order valence-corrected chi connectivity index (χ1v) is 6.07. The summed E-state index contributed by atoms with van der Waals surface area (Å²) in [6.45, 7) is 0. The Hall–Kier alpha value is -1.80. The van der Waals surface area contributed by atoms with Crippen molar-refractivity contribution in [1.29, 1.82) is 0 Å². The number of hydrogen-bond acceptors (Lipinski definition) is 1. The van der Waals surface area contributed by atoms with Crippen LogP contribution in [0.4, 0.5) is 0 Å². The Balaban J connectivity index is 2.27. The Kier molecular flexibility index (Phi) is 4.00. The molecule has 0 aliphatic rings. The SMILES string of the molecule is O=C(O)C(Cc1ccccc1)c1cccc(Cl)c1. The molecular weight excluding hydrogens is 248 g/mol. The number of rotatable bonds is 4. The zero-order valence-electron chi connectivity index (χ0n) is 9.71. The van der Waals surface area contributed by atoms with Crippen LogP contribution in [0.3, 0.4) is 0 Å². The maximum absolute atomic E-state index is 11.4. The van der Waals surface area contributed by atoms with Crippen LogP contribution in [0.15, 0.2) is 54.6 Å². The molecule has 1 N–H and O–H groups in total. The molecule has 0 fully saturated rings. The lowest BCUT2D eigenvalue weighted by Gasteiger charge is -2.13. The number of hydrogen-bond donors (Lipinski definition) is 1. The van der Waals surface area contributed by atoms with E-state index in [9.17, 15) is 9.90 Å². The summed E-state index contributed by atoms with van der Waals surface area (Å²) in [6, 6.07) is 16.6. The third kappa shape index (κ3) is 3.11. The second-order valence-corrected chi connectivity index (χ2v) is 4.57. The number of carboxylic acid groups (broad SMARTS) is 1. The van der Waals surface area contributed by atoms with Crippen LogP contribution in [0.1, 0.15) is 17.0 Å². The molecule has 18 heavy (non-hydrogen) atoms. The predicted molar refractivity (Wildman–Crippen MR) is 72.0 cm³/mol. The van der Waals surface area contributed by atoms with Crippen molar-refractivity contribution in [2.45, 2.75) is 12.3 Å². The van der Waals surface area contributed by atoms with Gasteiger partial charge < -0.3 is 5.11 Å². The van der Waals surface area contributed by atoms with E-state index >= 15 is 0 Å². The molecule has 0 spiro atoms. The summed E-state index contributed by atoms with van der Waals surface area (Å²) in [6.07, 6.45) is 0.469. The van der Waals surface area contributed by atoms with E-state index in [0.29, 0.717) is 11.4 Å². The van der Waals surface area contributed by atoms with Crippen LogP contribution in [0.2, 0.25) is 5.02 Å². The summed E-state index contributed by atoms with van der Waals surface area (Å²) in [7, 11) is 0. The number of benzene rings is 2. The first kappa shape index (κ1) is 12.7. The second kappa shape index (κ2) is 5.69. The summed E-state index contributed by atoms with van der Waals surface area (Å²) in [5.41, 5.74) is 1.74. The van der Waals surface area contributed by atoms with Crippen molar-refractivity contribution in [3.05, 3.63) is 70.7 Å². The quantitative estimate of drug-likeness (QED) is 0.909. The molecule has 0 bridgehead atoms. The standard InChI is InChI=1S/C15H13ClO2/c16-13-8-4-7-12(10-13)14(15(17)18)9-11-5-2-1-3-6-11/h1-8,10,14H,9H2,(H,17,18). The van der Waals surface area contributed by atoms with Crippen molar-refractivity contribution in [2.24, 2.45) is 0 Å². The third-order valence-electron chi connectivity index (χ3n) is 2.83. The summed E-state index contributed by atoms with van der Waals surface area (Å²) in [4.78, 5) is 11.4. The molecule has 0 aliphatic heterocycles. The van der Waals surface area contributed by atoms with Gasteiger partial charge in [0.15, 0.2) is 0 Å². The van der Waals surface area contributed by atoms with E-state index in [2.05, 4.69) is 0 Å². The zero-order valence-corrected chi connectivity index (χ0v) is 10.5. The minimum Gasteiger partial charge on any atom is -0.481 e. The molecule has 0 amide bonds. The molecule has 2 aromatic carbocycles. The Labute approximate surface area is 111 Å². The van der Waals surface area contributed by atoms with Gasteiger partial charge in [0.05, 0.1) is 5.92 Å². The Morgan fingerprint density at radius 1 is 1.11 bits per heavy atom. The average Bonchev–Trinajstić information content (AvgIpc) is 2.37. The van der Waals surface area contributed by atoms with Crippen molar-refractivity contribution >= 4 is 17.6 Å². The topological polar surface area (TPSA) is 37.3 Å². The second-order valence-electron chi connectivity index (χ2n) is 4.14. The predicted octanol–water partition coefficient (Wildman–Crippen LogP) is 3.75. The van der Waals surface area contributed by atoms with Crippen LogP contribution in [-0.4, -0.2) is 11.1 Å². The highest BCUT2D eigenvalue weighted by Gasteiger charge is 2.20. The molecule has 0 heterocycles. The van der Waals surface area contributed by atoms with Gasteiger partial charge >= 0.3 is 5.97 Å². The number of carboxylic acids is 1. The Morgan fingerprint density at radius 3 is 2.44 bits per heavy atom. The number of carbonyl (C=O) groups is 1. The summed E-state index contributed by atoms with van der Waals surface area (Å²) in [5, 5.41) is 9.90. The molecule has 3 heteroatoms. The molecule has 1 unspecified atom stereocenters. The Bertz CT molecular complexity index is 537. The van der Waals surface area contributed by atoms with Crippen LogP contribution in [0.5, 0.6) is 0 Å². The van der Waals surface area contributed by atoms with Gasteiger partial charge in [-0.05, 0) is 29.7 Å². The minimum absolute atomic E-state index is 0.469. The van der Waals surface area contributed by atoms with E-state index in [1.54, 1.807) is 24.3 Å². The molecular formula is C15H13ClO2. The Morgan fingerprint density at radius 2 is 1.83 bits per heavy atom. The lowest BCUT2D eigenvalue weighted by atomic mass is 9.92. The van der Waals surface area contributed by atoms with Crippen molar-refractivity contribution in [3.8, 4) is 0 Å². The van der Waals surface area contributed by atoms with Gasteiger partial charge in [-0.1, -0.05) is 54.1 Å². The van der Waals surface area contributed by atoms with E-state index in [0.717, 1.165) is 11.1 Å². The maximum atomic E-state index is 11.4.